The van der Waals surface area contributed by atoms with Crippen molar-refractivity contribution in [1.29, 1.82) is 0 Å². The largest absolute Gasteiger partial charge is 0.489 e. The standard InChI is InChI=1S/C21H21FN2O3/c1-26-11-5-6-12-27-19-14-16-13-15(9-10-18(16)24-20(19)22)21(25)23-17-7-3-2-4-8-17/h2-4,7-10,13-14H,5-6,11-12H2,1H3,(H,23,25). The molecule has 1 amide bonds. The smallest absolute Gasteiger partial charge is 0.255 e. The third kappa shape index (κ3) is 5.01. The molecule has 5 nitrogen and oxygen atoms in total. The summed E-state index contributed by atoms with van der Waals surface area (Å²) in [6, 6.07) is 15.7. The van der Waals surface area contributed by atoms with Crippen molar-refractivity contribution < 1.29 is 18.7 Å². The Labute approximate surface area is 157 Å². The summed E-state index contributed by atoms with van der Waals surface area (Å²) in [7, 11) is 1.64. The summed E-state index contributed by atoms with van der Waals surface area (Å²) in [5, 5.41) is 3.47. The van der Waals surface area contributed by atoms with Gasteiger partial charge in [-0.05, 0) is 49.2 Å². The molecule has 0 aliphatic carbocycles. The van der Waals surface area contributed by atoms with Crippen molar-refractivity contribution in [3.05, 3.63) is 66.1 Å². The number of pyridine rings is 1. The van der Waals surface area contributed by atoms with Crippen molar-refractivity contribution in [1.82, 2.24) is 4.98 Å². The SMILES string of the molecule is COCCCCOc1cc2cc(C(=O)Nc3ccccc3)ccc2nc1F. The van der Waals surface area contributed by atoms with E-state index >= 15 is 0 Å². The Kier molecular flexibility index (Phi) is 6.33. The van der Waals surface area contributed by atoms with E-state index in [0.717, 1.165) is 12.8 Å². The molecule has 0 saturated carbocycles. The van der Waals surface area contributed by atoms with E-state index in [1.54, 1.807) is 31.4 Å². The Balaban J connectivity index is 1.75. The van der Waals surface area contributed by atoms with Crippen molar-refractivity contribution in [2.75, 3.05) is 25.6 Å². The number of aromatic nitrogens is 1. The average molecular weight is 368 g/mol. The number of anilines is 1. The Hall–Kier alpha value is -2.99. The van der Waals surface area contributed by atoms with Crippen molar-refractivity contribution in [3.63, 3.8) is 0 Å². The molecule has 0 unspecified atom stereocenters. The third-order valence-electron chi connectivity index (χ3n) is 4.03. The molecule has 1 aromatic heterocycles. The lowest BCUT2D eigenvalue weighted by Gasteiger charge is -2.09. The van der Waals surface area contributed by atoms with Crippen LogP contribution in [0.3, 0.4) is 0 Å². The van der Waals surface area contributed by atoms with Crippen LogP contribution in [0.25, 0.3) is 10.9 Å². The fraction of sp³-hybridized carbons (Fsp3) is 0.238. The van der Waals surface area contributed by atoms with Gasteiger partial charge in [-0.15, -0.1) is 0 Å². The highest BCUT2D eigenvalue weighted by Gasteiger charge is 2.11. The lowest BCUT2D eigenvalue weighted by atomic mass is 10.1. The van der Waals surface area contributed by atoms with Crippen LogP contribution in [-0.2, 0) is 4.74 Å². The zero-order chi connectivity index (χ0) is 19.1. The molecule has 3 aromatic rings. The lowest BCUT2D eigenvalue weighted by Crippen LogP contribution is -2.11. The molecular formula is C21H21FN2O3. The third-order valence-corrected chi connectivity index (χ3v) is 4.03. The molecule has 0 spiro atoms. The number of fused-ring (bicyclic) bond motifs is 1. The number of rotatable bonds is 8. The van der Waals surface area contributed by atoms with Gasteiger partial charge in [-0.25, -0.2) is 4.98 Å². The van der Waals surface area contributed by atoms with Crippen LogP contribution in [0.1, 0.15) is 23.2 Å². The molecule has 140 valence electrons. The van der Waals surface area contributed by atoms with Gasteiger partial charge in [0.25, 0.3) is 11.9 Å². The first-order valence-electron chi connectivity index (χ1n) is 8.76. The van der Waals surface area contributed by atoms with E-state index < -0.39 is 5.95 Å². The van der Waals surface area contributed by atoms with Gasteiger partial charge in [-0.1, -0.05) is 18.2 Å². The van der Waals surface area contributed by atoms with Gasteiger partial charge >= 0.3 is 0 Å². The van der Waals surface area contributed by atoms with Crippen molar-refractivity contribution in [2.45, 2.75) is 12.8 Å². The van der Waals surface area contributed by atoms with Gasteiger partial charge in [0.05, 0.1) is 12.1 Å². The van der Waals surface area contributed by atoms with Gasteiger partial charge < -0.3 is 14.8 Å². The number of unbranched alkanes of at least 4 members (excludes halogenated alkanes) is 1. The van der Waals surface area contributed by atoms with Gasteiger partial charge in [0.2, 0.25) is 0 Å². The van der Waals surface area contributed by atoms with Gasteiger partial charge in [0, 0.05) is 30.4 Å². The van der Waals surface area contributed by atoms with Crippen LogP contribution in [0.2, 0.25) is 0 Å². The molecule has 6 heteroatoms. The molecule has 0 aliphatic rings. The monoisotopic (exact) mass is 368 g/mol. The van der Waals surface area contributed by atoms with E-state index in [9.17, 15) is 9.18 Å². The van der Waals surface area contributed by atoms with Crippen LogP contribution < -0.4 is 10.1 Å². The molecule has 0 atom stereocenters. The van der Waals surface area contributed by atoms with E-state index in [4.69, 9.17) is 9.47 Å². The predicted molar refractivity (Wildman–Crippen MR) is 103 cm³/mol. The molecule has 2 aromatic carbocycles. The number of hydrogen-bond donors (Lipinski definition) is 1. The quantitative estimate of drug-likeness (QED) is 0.472. The van der Waals surface area contributed by atoms with Crippen molar-refractivity contribution >= 4 is 22.5 Å². The molecule has 1 N–H and O–H groups in total. The maximum absolute atomic E-state index is 14.1. The average Bonchev–Trinajstić information content (AvgIpc) is 2.68. The minimum atomic E-state index is -0.657. The van der Waals surface area contributed by atoms with Crippen LogP contribution >= 0.6 is 0 Å². The normalized spacial score (nSPS) is 10.7. The highest BCUT2D eigenvalue weighted by Crippen LogP contribution is 2.23. The summed E-state index contributed by atoms with van der Waals surface area (Å²) >= 11 is 0. The summed E-state index contributed by atoms with van der Waals surface area (Å²) in [5.41, 5.74) is 1.64. The first kappa shape index (κ1) is 18.8. The van der Waals surface area contributed by atoms with Crippen LogP contribution in [0.15, 0.2) is 54.6 Å². The van der Waals surface area contributed by atoms with E-state index in [2.05, 4.69) is 10.3 Å². The van der Waals surface area contributed by atoms with Crippen molar-refractivity contribution in [3.8, 4) is 5.75 Å². The fourth-order valence-electron chi connectivity index (χ4n) is 2.63. The van der Waals surface area contributed by atoms with Gasteiger partial charge in [0.15, 0.2) is 5.75 Å². The predicted octanol–water partition coefficient (Wildman–Crippen LogP) is 4.43. The number of amides is 1. The number of carbonyl (C=O) groups is 1. The summed E-state index contributed by atoms with van der Waals surface area (Å²) in [4.78, 5) is 16.4. The van der Waals surface area contributed by atoms with E-state index in [1.165, 1.54) is 0 Å². The number of halogens is 1. The molecule has 3 rings (SSSR count). The maximum Gasteiger partial charge on any atom is 0.255 e. The van der Waals surface area contributed by atoms with Gasteiger partial charge in [-0.3, -0.25) is 4.79 Å². The zero-order valence-electron chi connectivity index (χ0n) is 15.1. The second-order valence-electron chi connectivity index (χ2n) is 6.05. The number of para-hydroxylation sites is 1. The molecule has 0 bridgehead atoms. The molecule has 1 heterocycles. The van der Waals surface area contributed by atoms with Crippen LogP contribution in [0.5, 0.6) is 5.75 Å². The lowest BCUT2D eigenvalue weighted by molar-refractivity contribution is 0.102. The van der Waals surface area contributed by atoms with E-state index in [-0.39, 0.29) is 11.7 Å². The van der Waals surface area contributed by atoms with Gasteiger partial charge in [-0.2, -0.15) is 4.39 Å². The number of methoxy groups -OCH3 is 1. The number of nitrogens with one attached hydrogen (secondary N) is 1. The zero-order valence-corrected chi connectivity index (χ0v) is 15.1. The number of nitrogens with zero attached hydrogens (tertiary/aromatic N) is 1. The van der Waals surface area contributed by atoms with Crippen LogP contribution in [-0.4, -0.2) is 31.2 Å². The first-order chi connectivity index (χ1) is 13.2. The topological polar surface area (TPSA) is 60.5 Å². The van der Waals surface area contributed by atoms with Crippen molar-refractivity contribution in [2.24, 2.45) is 0 Å². The fourth-order valence-corrected chi connectivity index (χ4v) is 2.63. The van der Waals surface area contributed by atoms with Crippen LogP contribution in [0, 0.1) is 5.95 Å². The number of hydrogen-bond acceptors (Lipinski definition) is 4. The molecule has 27 heavy (non-hydrogen) atoms. The highest BCUT2D eigenvalue weighted by molar-refractivity contribution is 6.06. The van der Waals surface area contributed by atoms with Crippen LogP contribution in [0.4, 0.5) is 10.1 Å². The van der Waals surface area contributed by atoms with E-state index in [0.29, 0.717) is 35.4 Å². The molecule has 0 saturated heterocycles. The summed E-state index contributed by atoms with van der Waals surface area (Å²) in [5.74, 6) is -0.814. The summed E-state index contributed by atoms with van der Waals surface area (Å²) in [6.45, 7) is 1.02. The Morgan fingerprint density at radius 2 is 1.85 bits per heavy atom. The number of benzene rings is 2. The second-order valence-corrected chi connectivity index (χ2v) is 6.05. The highest BCUT2D eigenvalue weighted by atomic mass is 19.1. The molecule has 0 aliphatic heterocycles. The Morgan fingerprint density at radius 3 is 2.63 bits per heavy atom. The van der Waals surface area contributed by atoms with E-state index in [1.807, 2.05) is 30.3 Å². The van der Waals surface area contributed by atoms with Gasteiger partial charge in [0.1, 0.15) is 0 Å². The Bertz CT molecular complexity index is 916. The molecule has 0 radical (unpaired) electrons. The maximum atomic E-state index is 14.1. The minimum Gasteiger partial charge on any atom is -0.489 e. The Morgan fingerprint density at radius 1 is 1.07 bits per heavy atom. The molecule has 0 fully saturated rings. The second kappa shape index (κ2) is 9.09. The molecular weight excluding hydrogens is 347 g/mol. The number of ether oxygens (including phenoxy) is 2. The first-order valence-corrected chi connectivity index (χ1v) is 8.76. The summed E-state index contributed by atoms with van der Waals surface area (Å²) in [6.07, 6.45) is 1.59. The number of carbonyl (C=O) groups excluding carboxylic acids is 1. The minimum absolute atomic E-state index is 0.0838. The summed E-state index contributed by atoms with van der Waals surface area (Å²) < 4.78 is 24.6.